The summed E-state index contributed by atoms with van der Waals surface area (Å²) < 4.78 is 5.36. The van der Waals surface area contributed by atoms with Gasteiger partial charge >= 0.3 is 5.97 Å². The van der Waals surface area contributed by atoms with Crippen LogP contribution < -0.4 is 5.11 Å². The monoisotopic (exact) mass is 257 g/mol. The Bertz CT molecular complexity index is 310. The molecule has 0 aliphatic carbocycles. The Hall–Kier alpha value is -1.36. The molecule has 0 N–H and O–H groups in total. The van der Waals surface area contributed by atoms with E-state index in [9.17, 15) is 14.7 Å². The molecular formula is C13H23NO4. The van der Waals surface area contributed by atoms with Crippen LogP contribution in [0.3, 0.4) is 0 Å². The van der Waals surface area contributed by atoms with Crippen LogP contribution in [-0.2, 0) is 14.3 Å². The first-order valence-corrected chi connectivity index (χ1v) is 6.09. The van der Waals surface area contributed by atoms with Gasteiger partial charge in [-0.1, -0.05) is 6.58 Å². The third-order valence-electron chi connectivity index (χ3n) is 2.55. The predicted molar refractivity (Wildman–Crippen MR) is 66.5 cm³/mol. The number of rotatable bonds is 9. The van der Waals surface area contributed by atoms with Crippen molar-refractivity contribution in [3.8, 4) is 0 Å². The second-order valence-electron chi connectivity index (χ2n) is 5.17. The van der Waals surface area contributed by atoms with Gasteiger partial charge in [0.15, 0.2) is 0 Å². The summed E-state index contributed by atoms with van der Waals surface area (Å²) in [6, 6.07) is 0. The van der Waals surface area contributed by atoms with Gasteiger partial charge in [-0.25, -0.2) is 4.79 Å². The number of esters is 1. The van der Waals surface area contributed by atoms with Gasteiger partial charge in [0.1, 0.15) is 6.54 Å². The maximum Gasteiger partial charge on any atom is 0.333 e. The summed E-state index contributed by atoms with van der Waals surface area (Å²) in [7, 11) is 3.72. The Morgan fingerprint density at radius 2 is 1.83 bits per heavy atom. The molecule has 0 aromatic heterocycles. The molecule has 0 radical (unpaired) electrons. The van der Waals surface area contributed by atoms with Crippen molar-refractivity contribution in [3.63, 3.8) is 0 Å². The molecule has 0 amide bonds. The van der Waals surface area contributed by atoms with Crippen LogP contribution in [0.1, 0.15) is 26.2 Å². The summed E-state index contributed by atoms with van der Waals surface area (Å²) >= 11 is 0. The average Bonchev–Trinajstić information content (AvgIpc) is 2.20. The number of carbonyl (C=O) groups is 2. The molecule has 18 heavy (non-hydrogen) atoms. The SMILES string of the molecule is C=C(C)C(=O)OCCCCC[N+](C)(C)CC(=O)[O-]. The number of aliphatic carboxylic acids is 1. The standard InChI is InChI=1S/C13H23NO4/c1-11(2)13(17)18-9-7-5-6-8-14(3,4)10-12(15)16/h1,5-10H2,2-4H3. The lowest BCUT2D eigenvalue weighted by molar-refractivity contribution is -0.885. The van der Waals surface area contributed by atoms with E-state index in [0.717, 1.165) is 25.8 Å². The number of unbranched alkanes of at least 4 members (excludes halogenated alkanes) is 2. The Morgan fingerprint density at radius 1 is 1.22 bits per heavy atom. The fraction of sp³-hybridized carbons (Fsp3) is 0.692. The van der Waals surface area contributed by atoms with Gasteiger partial charge < -0.3 is 19.1 Å². The molecule has 0 spiro atoms. The first-order valence-electron chi connectivity index (χ1n) is 6.09. The zero-order valence-electron chi connectivity index (χ0n) is 11.5. The number of ether oxygens (including phenoxy) is 1. The lowest BCUT2D eigenvalue weighted by Gasteiger charge is -2.30. The van der Waals surface area contributed by atoms with Crippen molar-refractivity contribution in [2.45, 2.75) is 26.2 Å². The summed E-state index contributed by atoms with van der Waals surface area (Å²) in [5.41, 5.74) is 0.404. The molecule has 0 aliphatic rings. The topological polar surface area (TPSA) is 66.4 Å². The zero-order valence-corrected chi connectivity index (χ0v) is 11.5. The van der Waals surface area contributed by atoms with Crippen LogP contribution in [0.15, 0.2) is 12.2 Å². The van der Waals surface area contributed by atoms with E-state index in [2.05, 4.69) is 6.58 Å². The van der Waals surface area contributed by atoms with E-state index in [0.29, 0.717) is 16.7 Å². The lowest BCUT2D eigenvalue weighted by atomic mass is 10.2. The Labute approximate surface area is 109 Å². The highest BCUT2D eigenvalue weighted by molar-refractivity contribution is 5.86. The van der Waals surface area contributed by atoms with Crippen molar-refractivity contribution >= 4 is 11.9 Å². The summed E-state index contributed by atoms with van der Waals surface area (Å²) in [6.07, 6.45) is 2.58. The molecular weight excluding hydrogens is 234 g/mol. The molecule has 0 heterocycles. The Balaban J connectivity index is 3.59. The van der Waals surface area contributed by atoms with E-state index in [-0.39, 0.29) is 12.5 Å². The van der Waals surface area contributed by atoms with Crippen LogP contribution >= 0.6 is 0 Å². The average molecular weight is 257 g/mol. The third-order valence-corrected chi connectivity index (χ3v) is 2.55. The van der Waals surface area contributed by atoms with Gasteiger partial charge in [0, 0.05) is 5.57 Å². The van der Waals surface area contributed by atoms with E-state index in [1.807, 2.05) is 14.1 Å². The molecule has 0 unspecified atom stereocenters. The molecule has 0 aromatic rings. The fourth-order valence-corrected chi connectivity index (χ4v) is 1.54. The number of hydrogen-bond donors (Lipinski definition) is 0. The summed E-state index contributed by atoms with van der Waals surface area (Å²) in [5.74, 6) is -1.39. The number of carboxylic acids is 1. The minimum Gasteiger partial charge on any atom is -0.544 e. The van der Waals surface area contributed by atoms with Crippen LogP contribution in [0.4, 0.5) is 0 Å². The molecule has 0 fully saturated rings. The largest absolute Gasteiger partial charge is 0.544 e. The predicted octanol–water partition coefficient (Wildman–Crippen LogP) is 0.102. The smallest absolute Gasteiger partial charge is 0.333 e. The number of quaternary nitrogens is 1. The Morgan fingerprint density at radius 3 is 2.33 bits per heavy atom. The van der Waals surface area contributed by atoms with Crippen molar-refractivity contribution in [1.82, 2.24) is 0 Å². The van der Waals surface area contributed by atoms with Crippen molar-refractivity contribution in [1.29, 1.82) is 0 Å². The molecule has 0 aliphatic heterocycles. The molecule has 104 valence electrons. The number of carboxylic acid groups (broad SMARTS) is 1. The van der Waals surface area contributed by atoms with Crippen LogP contribution in [0.25, 0.3) is 0 Å². The molecule has 0 saturated heterocycles. The van der Waals surface area contributed by atoms with Gasteiger partial charge in [0.25, 0.3) is 0 Å². The number of hydrogen-bond acceptors (Lipinski definition) is 4. The zero-order chi connectivity index (χ0) is 14.2. The van der Waals surface area contributed by atoms with E-state index >= 15 is 0 Å². The van der Waals surface area contributed by atoms with E-state index in [1.54, 1.807) is 6.92 Å². The second kappa shape index (κ2) is 7.87. The molecule has 5 heteroatoms. The number of carbonyl (C=O) groups excluding carboxylic acids is 2. The minimum absolute atomic E-state index is 0.0185. The van der Waals surface area contributed by atoms with E-state index < -0.39 is 5.97 Å². The van der Waals surface area contributed by atoms with Crippen molar-refractivity contribution in [2.24, 2.45) is 0 Å². The molecule has 0 atom stereocenters. The van der Waals surface area contributed by atoms with Crippen molar-refractivity contribution in [3.05, 3.63) is 12.2 Å². The number of likely N-dealkylation sites (N-methyl/N-ethyl adjacent to an activating group) is 1. The molecule has 0 rings (SSSR count). The van der Waals surface area contributed by atoms with Gasteiger partial charge in [-0.05, 0) is 26.2 Å². The van der Waals surface area contributed by atoms with Gasteiger partial charge in [0.05, 0.1) is 33.2 Å². The van der Waals surface area contributed by atoms with Crippen LogP contribution in [-0.4, -0.2) is 50.2 Å². The van der Waals surface area contributed by atoms with E-state index in [1.165, 1.54) is 0 Å². The highest BCUT2D eigenvalue weighted by atomic mass is 16.5. The molecule has 0 bridgehead atoms. The normalized spacial score (nSPS) is 11.1. The number of nitrogens with zero attached hydrogens (tertiary/aromatic N) is 1. The summed E-state index contributed by atoms with van der Waals surface area (Å²) in [4.78, 5) is 21.6. The van der Waals surface area contributed by atoms with Crippen LogP contribution in [0.5, 0.6) is 0 Å². The fourth-order valence-electron chi connectivity index (χ4n) is 1.54. The first-order chi connectivity index (χ1) is 8.24. The summed E-state index contributed by atoms with van der Waals surface area (Å²) in [6.45, 7) is 6.28. The minimum atomic E-state index is -1.03. The quantitative estimate of drug-likeness (QED) is 0.254. The van der Waals surface area contributed by atoms with E-state index in [4.69, 9.17) is 4.74 Å². The first kappa shape index (κ1) is 16.6. The van der Waals surface area contributed by atoms with Crippen molar-refractivity contribution in [2.75, 3.05) is 33.8 Å². The van der Waals surface area contributed by atoms with Crippen LogP contribution in [0.2, 0.25) is 0 Å². The highest BCUT2D eigenvalue weighted by Crippen LogP contribution is 2.04. The second-order valence-corrected chi connectivity index (χ2v) is 5.17. The Kier molecular flexibility index (Phi) is 7.27. The van der Waals surface area contributed by atoms with Gasteiger partial charge in [-0.15, -0.1) is 0 Å². The van der Waals surface area contributed by atoms with Crippen LogP contribution in [0, 0.1) is 0 Å². The van der Waals surface area contributed by atoms with Gasteiger partial charge in [-0.2, -0.15) is 0 Å². The maximum absolute atomic E-state index is 11.1. The van der Waals surface area contributed by atoms with Crippen molar-refractivity contribution < 1.29 is 23.9 Å². The van der Waals surface area contributed by atoms with Gasteiger partial charge in [0.2, 0.25) is 0 Å². The molecule has 5 nitrogen and oxygen atoms in total. The highest BCUT2D eigenvalue weighted by Gasteiger charge is 2.14. The molecule has 0 aromatic carbocycles. The van der Waals surface area contributed by atoms with Gasteiger partial charge in [-0.3, -0.25) is 0 Å². The molecule has 0 saturated carbocycles. The summed E-state index contributed by atoms with van der Waals surface area (Å²) in [5, 5.41) is 10.5. The maximum atomic E-state index is 11.1. The lowest BCUT2D eigenvalue weighted by Crippen LogP contribution is -2.48. The third kappa shape index (κ3) is 8.75.